The minimum absolute atomic E-state index is 0.0000715. The molecule has 7 heteroatoms. The number of rotatable bonds is 6. The molecule has 0 aromatic heterocycles. The lowest BCUT2D eigenvalue weighted by Gasteiger charge is -2.47. The lowest BCUT2D eigenvalue weighted by atomic mass is 9.64. The van der Waals surface area contributed by atoms with Crippen molar-refractivity contribution < 1.29 is 24.6 Å². The van der Waals surface area contributed by atoms with Gasteiger partial charge < -0.3 is 19.7 Å². The van der Waals surface area contributed by atoms with Crippen molar-refractivity contribution in [3.05, 3.63) is 86.5 Å². The van der Waals surface area contributed by atoms with Gasteiger partial charge >= 0.3 is 0 Å². The molecule has 2 aliphatic rings. The van der Waals surface area contributed by atoms with Gasteiger partial charge in [0, 0.05) is 18.1 Å². The summed E-state index contributed by atoms with van der Waals surface area (Å²) in [4.78, 5) is 10.4. The molecule has 1 aliphatic heterocycles. The Balaban J connectivity index is 1.37. The Bertz CT molecular complexity index is 1430. The van der Waals surface area contributed by atoms with E-state index in [1.807, 2.05) is 18.2 Å². The van der Waals surface area contributed by atoms with Crippen LogP contribution in [0.25, 0.3) is 24.3 Å². The minimum atomic E-state index is -0.460. The molecule has 1 saturated carbocycles. The molecule has 5 rings (SSSR count). The molecule has 0 radical (unpaired) electrons. The highest BCUT2D eigenvalue weighted by Crippen LogP contribution is 2.50. The lowest BCUT2D eigenvalue weighted by Crippen LogP contribution is -2.45. The molecule has 3 aromatic rings. The maximum atomic E-state index is 10.8. The van der Waals surface area contributed by atoms with Gasteiger partial charge in [-0.2, -0.15) is 0 Å². The zero-order chi connectivity index (χ0) is 27.7. The number of methoxy groups -OCH3 is 1. The molecule has 2 atom stereocenters. The van der Waals surface area contributed by atoms with Crippen LogP contribution in [-0.4, -0.2) is 28.4 Å². The zero-order valence-corrected chi connectivity index (χ0v) is 22.4. The number of nitro groups is 1. The second-order valence-electron chi connectivity index (χ2n) is 11.0. The molecule has 0 bridgehead atoms. The van der Waals surface area contributed by atoms with Crippen molar-refractivity contribution in [2.75, 3.05) is 7.11 Å². The molecule has 0 spiro atoms. The SMILES string of the molecule is COc1cc(/C=C/c2cc(O)c(/C=C/c3ccc([N+](=O)[O-])cc3)c(O)c2)cc2c1OC1CCCC(C)(C)[C@H]1C2. The number of phenols is 2. The monoisotopic (exact) mass is 527 g/mol. The Morgan fingerprint density at radius 2 is 1.62 bits per heavy atom. The Labute approximate surface area is 228 Å². The summed E-state index contributed by atoms with van der Waals surface area (Å²) < 4.78 is 12.2. The molecule has 1 fully saturated rings. The second-order valence-corrected chi connectivity index (χ2v) is 11.0. The van der Waals surface area contributed by atoms with Crippen LogP contribution >= 0.6 is 0 Å². The average molecular weight is 528 g/mol. The number of benzene rings is 3. The molecule has 7 nitrogen and oxygen atoms in total. The number of hydrogen-bond acceptors (Lipinski definition) is 6. The fourth-order valence-corrected chi connectivity index (χ4v) is 5.79. The number of ether oxygens (including phenoxy) is 2. The molecule has 39 heavy (non-hydrogen) atoms. The first-order valence-electron chi connectivity index (χ1n) is 13.2. The van der Waals surface area contributed by atoms with Crippen LogP contribution in [0.4, 0.5) is 5.69 Å². The van der Waals surface area contributed by atoms with Gasteiger partial charge in [0.2, 0.25) is 0 Å². The zero-order valence-electron chi connectivity index (χ0n) is 22.4. The van der Waals surface area contributed by atoms with Gasteiger partial charge in [-0.25, -0.2) is 0 Å². The first-order valence-corrected chi connectivity index (χ1v) is 13.2. The lowest BCUT2D eigenvalue weighted by molar-refractivity contribution is -0.384. The van der Waals surface area contributed by atoms with Crippen molar-refractivity contribution in [2.24, 2.45) is 11.3 Å². The molecule has 3 aromatic carbocycles. The topological polar surface area (TPSA) is 102 Å². The number of aromatic hydroxyl groups is 2. The van der Waals surface area contributed by atoms with E-state index < -0.39 is 4.92 Å². The van der Waals surface area contributed by atoms with E-state index in [0.717, 1.165) is 29.7 Å². The molecule has 1 aliphatic carbocycles. The standard InChI is InChI=1S/C32H33NO6/c1-32(2)14-4-5-29-26(32)19-23-15-21(18-30(38-3)31(23)39-29)6-7-22-16-27(34)25(28(35)17-22)13-10-20-8-11-24(12-9-20)33(36)37/h6-13,15-18,26,29,34-35H,4-5,14,19H2,1-3H3/b7-6+,13-10+/t26-,29?/m0/s1. The number of non-ortho nitro benzene ring substituents is 1. The molecule has 1 unspecified atom stereocenters. The summed E-state index contributed by atoms with van der Waals surface area (Å²) in [6, 6.07) is 13.3. The van der Waals surface area contributed by atoms with Crippen molar-refractivity contribution in [1.82, 2.24) is 0 Å². The summed E-state index contributed by atoms with van der Waals surface area (Å²) in [6.07, 6.45) is 11.6. The van der Waals surface area contributed by atoms with Gasteiger partial charge in [0.15, 0.2) is 11.5 Å². The Kier molecular flexibility index (Phi) is 7.08. The molecule has 202 valence electrons. The predicted molar refractivity (Wildman–Crippen MR) is 153 cm³/mol. The van der Waals surface area contributed by atoms with Crippen LogP contribution in [0, 0.1) is 21.4 Å². The molecule has 1 heterocycles. The third-order valence-corrected chi connectivity index (χ3v) is 8.02. The maximum absolute atomic E-state index is 10.8. The Morgan fingerprint density at radius 1 is 0.974 bits per heavy atom. The van der Waals surface area contributed by atoms with Crippen LogP contribution < -0.4 is 9.47 Å². The van der Waals surface area contributed by atoms with E-state index in [-0.39, 0.29) is 34.3 Å². The molecule has 0 amide bonds. The highest BCUT2D eigenvalue weighted by Gasteiger charge is 2.43. The fourth-order valence-electron chi connectivity index (χ4n) is 5.79. The fraction of sp³-hybridized carbons (Fsp3) is 0.312. The third-order valence-electron chi connectivity index (χ3n) is 8.02. The van der Waals surface area contributed by atoms with Gasteiger partial charge in [-0.15, -0.1) is 0 Å². The quantitative estimate of drug-likeness (QED) is 0.196. The molecule has 2 N–H and O–H groups in total. The Hall–Kier alpha value is -4.26. The number of nitro benzene ring substituents is 1. The smallest absolute Gasteiger partial charge is 0.269 e. The first-order chi connectivity index (χ1) is 18.6. The van der Waals surface area contributed by atoms with E-state index in [1.165, 1.54) is 25.0 Å². The first kappa shape index (κ1) is 26.4. The van der Waals surface area contributed by atoms with Crippen molar-refractivity contribution in [3.8, 4) is 23.0 Å². The van der Waals surface area contributed by atoms with E-state index in [1.54, 1.807) is 43.5 Å². The summed E-state index contributed by atoms with van der Waals surface area (Å²) in [5, 5.41) is 32.0. The summed E-state index contributed by atoms with van der Waals surface area (Å²) in [5.74, 6) is 1.87. The van der Waals surface area contributed by atoms with E-state index >= 15 is 0 Å². The number of phenolic OH excluding ortho intramolecular Hbond substituents is 2. The van der Waals surface area contributed by atoms with E-state index in [2.05, 4.69) is 19.9 Å². The predicted octanol–water partition coefficient (Wildman–Crippen LogP) is 7.49. The summed E-state index contributed by atoms with van der Waals surface area (Å²) >= 11 is 0. The van der Waals surface area contributed by atoms with Gasteiger partial charge in [-0.05, 0) is 95.8 Å². The molecule has 0 saturated heterocycles. The van der Waals surface area contributed by atoms with E-state index in [4.69, 9.17) is 9.47 Å². The van der Waals surface area contributed by atoms with Crippen molar-refractivity contribution in [1.29, 1.82) is 0 Å². The van der Waals surface area contributed by atoms with Gasteiger partial charge in [0.25, 0.3) is 5.69 Å². The van der Waals surface area contributed by atoms with Crippen LogP contribution in [0.15, 0.2) is 48.5 Å². The van der Waals surface area contributed by atoms with Gasteiger partial charge in [-0.1, -0.05) is 32.1 Å². The molecular formula is C32H33NO6. The van der Waals surface area contributed by atoms with Crippen LogP contribution in [0.2, 0.25) is 0 Å². The molecular weight excluding hydrogens is 494 g/mol. The second kappa shape index (κ2) is 10.5. The van der Waals surface area contributed by atoms with Crippen molar-refractivity contribution in [3.63, 3.8) is 0 Å². The summed E-state index contributed by atoms with van der Waals surface area (Å²) in [5.41, 5.74) is 3.92. The third kappa shape index (κ3) is 5.48. The van der Waals surface area contributed by atoms with E-state index in [0.29, 0.717) is 22.8 Å². The number of nitrogens with zero attached hydrogens (tertiary/aromatic N) is 1. The summed E-state index contributed by atoms with van der Waals surface area (Å²) in [6.45, 7) is 4.67. The number of fused-ring (bicyclic) bond motifs is 2. The normalized spacial score (nSPS) is 19.9. The summed E-state index contributed by atoms with van der Waals surface area (Å²) in [7, 11) is 1.66. The van der Waals surface area contributed by atoms with E-state index in [9.17, 15) is 20.3 Å². The van der Waals surface area contributed by atoms with Crippen LogP contribution in [-0.2, 0) is 6.42 Å². The Morgan fingerprint density at radius 3 is 2.26 bits per heavy atom. The van der Waals surface area contributed by atoms with Crippen LogP contribution in [0.5, 0.6) is 23.0 Å². The maximum Gasteiger partial charge on any atom is 0.269 e. The van der Waals surface area contributed by atoms with Crippen molar-refractivity contribution in [2.45, 2.75) is 45.6 Å². The minimum Gasteiger partial charge on any atom is -0.507 e. The highest BCUT2D eigenvalue weighted by atomic mass is 16.6. The van der Waals surface area contributed by atoms with Crippen molar-refractivity contribution >= 4 is 30.0 Å². The average Bonchev–Trinajstić information content (AvgIpc) is 2.90. The van der Waals surface area contributed by atoms with Crippen LogP contribution in [0.1, 0.15) is 60.9 Å². The van der Waals surface area contributed by atoms with Gasteiger partial charge in [0.05, 0.1) is 17.6 Å². The number of hydrogen-bond donors (Lipinski definition) is 2. The van der Waals surface area contributed by atoms with Crippen LogP contribution in [0.3, 0.4) is 0 Å². The van der Waals surface area contributed by atoms with Gasteiger partial charge in [-0.3, -0.25) is 10.1 Å². The highest BCUT2D eigenvalue weighted by molar-refractivity contribution is 5.79. The van der Waals surface area contributed by atoms with Gasteiger partial charge in [0.1, 0.15) is 17.6 Å². The largest absolute Gasteiger partial charge is 0.507 e.